The normalized spacial score (nSPS) is 13.2. The predicted molar refractivity (Wildman–Crippen MR) is 114 cm³/mol. The van der Waals surface area contributed by atoms with Crippen molar-refractivity contribution in [3.8, 4) is 5.75 Å². The van der Waals surface area contributed by atoms with Crippen LogP contribution in [0.4, 0.5) is 0 Å². The molecular weight excluding hydrogens is 339 g/mol. The highest BCUT2D eigenvalue weighted by atomic mass is 31.1. The predicted octanol–water partition coefficient (Wildman–Crippen LogP) is 5.92. The number of hydrogen-bond donors (Lipinski definition) is 0. The molecule has 0 aliphatic rings. The summed E-state index contributed by atoms with van der Waals surface area (Å²) in [6, 6.07) is 12.2. The lowest BCUT2D eigenvalue weighted by Gasteiger charge is -2.19. The molecule has 2 atom stereocenters. The molecule has 0 spiro atoms. The van der Waals surface area contributed by atoms with E-state index in [2.05, 4.69) is 72.7 Å². The van der Waals surface area contributed by atoms with Gasteiger partial charge in [0.25, 0.3) is 0 Å². The van der Waals surface area contributed by atoms with Crippen LogP contribution < -0.4 is 10.0 Å². The molecule has 3 heteroatoms. The van der Waals surface area contributed by atoms with E-state index < -0.39 is 0 Å². The second-order valence-electron chi connectivity index (χ2n) is 8.05. The van der Waals surface area contributed by atoms with Gasteiger partial charge in [0.15, 0.2) is 5.52 Å². The third-order valence-electron chi connectivity index (χ3n) is 4.67. The van der Waals surface area contributed by atoms with E-state index in [4.69, 9.17) is 4.74 Å². The molecule has 0 saturated heterocycles. The van der Waals surface area contributed by atoms with Gasteiger partial charge in [-0.25, -0.2) is 0 Å². The van der Waals surface area contributed by atoms with Crippen LogP contribution in [-0.4, -0.2) is 11.6 Å². The molecule has 0 aliphatic heterocycles. The fourth-order valence-corrected chi connectivity index (χ4v) is 3.89. The summed E-state index contributed by atoms with van der Waals surface area (Å²) in [7, 11) is 0.135. The Labute approximate surface area is 160 Å². The van der Waals surface area contributed by atoms with Crippen LogP contribution in [0.25, 0.3) is 0 Å². The highest BCUT2D eigenvalue weighted by Gasteiger charge is 2.16. The average Bonchev–Trinajstić information content (AvgIpc) is 2.57. The van der Waals surface area contributed by atoms with Gasteiger partial charge >= 0.3 is 0 Å². The van der Waals surface area contributed by atoms with Crippen molar-refractivity contribution < 1.29 is 9.53 Å². The van der Waals surface area contributed by atoms with Crippen molar-refractivity contribution in [1.29, 1.82) is 0 Å². The van der Waals surface area contributed by atoms with Crippen LogP contribution in [0, 0.1) is 13.8 Å². The maximum absolute atomic E-state index is 12.8. The monoisotopic (exact) mass is 370 g/mol. The molecule has 0 bridgehead atoms. The zero-order chi connectivity index (χ0) is 19.5. The highest BCUT2D eigenvalue weighted by Crippen LogP contribution is 2.28. The minimum atomic E-state index is 0.0997. The Balaban J connectivity index is 2.18. The first-order valence-electron chi connectivity index (χ1n) is 9.31. The second kappa shape index (κ2) is 8.35. The summed E-state index contributed by atoms with van der Waals surface area (Å²) in [6.45, 7) is 14.9. The highest BCUT2D eigenvalue weighted by molar-refractivity contribution is 7.66. The number of benzene rings is 2. The first kappa shape index (κ1) is 20.6. The maximum Gasteiger partial charge on any atom is 0.185 e. The van der Waals surface area contributed by atoms with E-state index in [0.717, 1.165) is 34.2 Å². The summed E-state index contributed by atoms with van der Waals surface area (Å²) in [5, 5.41) is 1.13. The molecule has 0 aliphatic carbocycles. The quantitative estimate of drug-likeness (QED) is 0.590. The fourth-order valence-electron chi connectivity index (χ4n) is 2.81. The van der Waals surface area contributed by atoms with Crippen molar-refractivity contribution in [2.75, 3.05) is 0 Å². The van der Waals surface area contributed by atoms with E-state index in [1.165, 1.54) is 5.56 Å². The van der Waals surface area contributed by atoms with Crippen LogP contribution in [0.5, 0.6) is 5.75 Å². The molecule has 2 rings (SSSR count). The second-order valence-corrected chi connectivity index (χ2v) is 9.25. The van der Waals surface area contributed by atoms with Gasteiger partial charge in [-0.15, -0.1) is 0 Å². The largest absolute Gasteiger partial charge is 0.491 e. The van der Waals surface area contributed by atoms with Gasteiger partial charge in [-0.05, 0) is 75.3 Å². The lowest BCUT2D eigenvalue weighted by molar-refractivity contribution is 0.108. The number of carbonyl (C=O) groups is 1. The third kappa shape index (κ3) is 5.17. The molecule has 2 aromatic carbocycles. The molecule has 2 nitrogen and oxygen atoms in total. The Morgan fingerprint density at radius 3 is 2.08 bits per heavy atom. The summed E-state index contributed by atoms with van der Waals surface area (Å²) in [6.07, 6.45) is 1.18. The molecule has 0 N–H and O–H groups in total. The van der Waals surface area contributed by atoms with Crippen LogP contribution in [0.3, 0.4) is 0 Å². The van der Waals surface area contributed by atoms with Gasteiger partial charge in [-0.2, -0.15) is 0 Å². The number of carbonyl (C=O) groups excluding carboxylic acids is 1. The van der Waals surface area contributed by atoms with E-state index in [1.807, 2.05) is 12.1 Å². The van der Waals surface area contributed by atoms with Crippen molar-refractivity contribution in [3.05, 3.63) is 58.7 Å². The average molecular weight is 370 g/mol. The van der Waals surface area contributed by atoms with Crippen LogP contribution >= 0.6 is 8.58 Å². The maximum atomic E-state index is 12.8. The van der Waals surface area contributed by atoms with Gasteiger partial charge in [0.05, 0.1) is 6.10 Å². The molecule has 0 radical (unpaired) electrons. The molecule has 140 valence electrons. The number of hydrogen-bond acceptors (Lipinski definition) is 2. The first-order chi connectivity index (χ1) is 12.1. The van der Waals surface area contributed by atoms with Gasteiger partial charge in [0.2, 0.25) is 0 Å². The molecule has 26 heavy (non-hydrogen) atoms. The van der Waals surface area contributed by atoms with Crippen LogP contribution in [0.1, 0.15) is 68.1 Å². The van der Waals surface area contributed by atoms with Crippen molar-refractivity contribution in [3.63, 3.8) is 0 Å². The van der Waals surface area contributed by atoms with E-state index in [-0.39, 0.29) is 25.6 Å². The molecule has 0 saturated carbocycles. The summed E-state index contributed by atoms with van der Waals surface area (Å²) >= 11 is 0. The third-order valence-corrected chi connectivity index (χ3v) is 6.22. The smallest absolute Gasteiger partial charge is 0.185 e. The van der Waals surface area contributed by atoms with Crippen molar-refractivity contribution in [1.82, 2.24) is 0 Å². The minimum Gasteiger partial charge on any atom is -0.491 e. The Morgan fingerprint density at radius 1 is 1.08 bits per heavy atom. The van der Waals surface area contributed by atoms with Crippen LogP contribution in [-0.2, 0) is 5.41 Å². The number of rotatable bonds is 6. The summed E-state index contributed by atoms with van der Waals surface area (Å²) in [5.74, 6) is 0.893. The van der Waals surface area contributed by atoms with Crippen LogP contribution in [0.15, 0.2) is 36.4 Å². The van der Waals surface area contributed by atoms with E-state index in [0.29, 0.717) is 0 Å². The summed E-state index contributed by atoms with van der Waals surface area (Å²) in [5.41, 5.74) is 4.57. The lowest BCUT2D eigenvalue weighted by atomic mass is 9.87. The van der Waals surface area contributed by atoms with Crippen molar-refractivity contribution >= 4 is 19.4 Å². The first-order valence-corrected chi connectivity index (χ1v) is 10.3. The molecule has 0 aromatic heterocycles. The Bertz CT molecular complexity index is 747. The van der Waals surface area contributed by atoms with Crippen LogP contribution in [0.2, 0.25) is 0 Å². The summed E-state index contributed by atoms with van der Waals surface area (Å²) in [4.78, 5) is 12.8. The fraction of sp³-hybridized carbons (Fsp3) is 0.435. The molecular formula is C23H31O2P. The van der Waals surface area contributed by atoms with E-state index in [1.54, 1.807) is 0 Å². The zero-order valence-electron chi connectivity index (χ0n) is 17.1. The van der Waals surface area contributed by atoms with E-state index >= 15 is 0 Å². The zero-order valence-corrected chi connectivity index (χ0v) is 18.1. The van der Waals surface area contributed by atoms with Gasteiger partial charge in [-0.3, -0.25) is 4.79 Å². The molecule has 2 aromatic rings. The topological polar surface area (TPSA) is 26.3 Å². The van der Waals surface area contributed by atoms with Crippen molar-refractivity contribution in [2.45, 2.75) is 66.4 Å². The number of ether oxygens (including phenoxy) is 1. The molecule has 2 unspecified atom stereocenters. The van der Waals surface area contributed by atoms with Gasteiger partial charge < -0.3 is 4.74 Å². The summed E-state index contributed by atoms with van der Waals surface area (Å²) < 4.78 is 5.93. The van der Waals surface area contributed by atoms with E-state index in [9.17, 15) is 4.79 Å². The van der Waals surface area contributed by atoms with Gasteiger partial charge in [-0.1, -0.05) is 52.0 Å². The Hall–Kier alpha value is -1.66. The Kier molecular flexibility index (Phi) is 6.64. The number of aryl methyl sites for hydroxylation is 2. The van der Waals surface area contributed by atoms with Gasteiger partial charge in [0, 0.05) is 5.56 Å². The minimum absolute atomic E-state index is 0.0997. The standard InChI is InChI=1S/C23H31O2P/c1-8-17(4)25-20-13-15(2)21(16(3)14-20)26-22(24)18-9-11-19(12-10-18)23(5,6)7/h9-14,17,26H,8H2,1-7H3. The molecule has 0 fully saturated rings. The molecule has 0 amide bonds. The lowest BCUT2D eigenvalue weighted by Crippen LogP contribution is -2.14. The SMILES string of the molecule is CCC(C)Oc1cc(C)c(PC(=O)c2ccc(C(C)(C)C)cc2)c(C)c1. The van der Waals surface area contributed by atoms with Crippen molar-refractivity contribution in [2.24, 2.45) is 0 Å². The van der Waals surface area contributed by atoms with Gasteiger partial charge in [0.1, 0.15) is 5.75 Å². The molecule has 0 heterocycles. The Morgan fingerprint density at radius 2 is 1.62 bits per heavy atom.